The van der Waals surface area contributed by atoms with Crippen molar-refractivity contribution in [2.45, 2.75) is 32.9 Å². The van der Waals surface area contributed by atoms with E-state index in [1.165, 1.54) is 12.1 Å². The van der Waals surface area contributed by atoms with Crippen molar-refractivity contribution in [2.24, 2.45) is 10.9 Å². The lowest BCUT2D eigenvalue weighted by Crippen LogP contribution is -2.49. The number of benzene rings is 1. The number of aromatic nitrogens is 2. The molecule has 0 radical (unpaired) electrons. The van der Waals surface area contributed by atoms with Crippen molar-refractivity contribution < 1.29 is 4.92 Å². The van der Waals surface area contributed by atoms with E-state index in [4.69, 9.17) is 4.99 Å². The van der Waals surface area contributed by atoms with Gasteiger partial charge >= 0.3 is 0 Å². The molecule has 1 aromatic heterocycles. The predicted molar refractivity (Wildman–Crippen MR) is 105 cm³/mol. The van der Waals surface area contributed by atoms with Crippen LogP contribution in [0.5, 0.6) is 0 Å². The molecule has 2 aromatic rings. The third-order valence-electron chi connectivity index (χ3n) is 5.02. The van der Waals surface area contributed by atoms with Crippen LogP contribution >= 0.6 is 0 Å². The Kier molecular flexibility index (Phi) is 6.05. The minimum atomic E-state index is -0.387. The first-order chi connectivity index (χ1) is 13.1. The van der Waals surface area contributed by atoms with Gasteiger partial charge in [-0.05, 0) is 24.8 Å². The molecule has 2 unspecified atom stereocenters. The van der Waals surface area contributed by atoms with Crippen molar-refractivity contribution in [3.63, 3.8) is 0 Å². The maximum Gasteiger partial charge on any atom is 0.269 e. The fraction of sp³-hybridized carbons (Fsp3) is 0.474. The number of nitrogens with one attached hydrogen (secondary N) is 1. The first-order valence-corrected chi connectivity index (χ1v) is 9.32. The van der Waals surface area contributed by atoms with Crippen LogP contribution in [0, 0.1) is 16.0 Å². The summed E-state index contributed by atoms with van der Waals surface area (Å²) in [5.74, 6) is 1.46. The van der Waals surface area contributed by atoms with Gasteiger partial charge in [0, 0.05) is 44.2 Å². The summed E-state index contributed by atoms with van der Waals surface area (Å²) in [7, 11) is 0. The van der Waals surface area contributed by atoms with Gasteiger partial charge in [0.05, 0.1) is 23.8 Å². The fourth-order valence-electron chi connectivity index (χ4n) is 3.41. The smallest absolute Gasteiger partial charge is 0.269 e. The molecule has 0 amide bonds. The molecule has 2 atom stereocenters. The molecular formula is C19H26N6O2. The van der Waals surface area contributed by atoms with E-state index in [2.05, 4.69) is 33.6 Å². The molecule has 1 N–H and O–H groups in total. The molecular weight excluding hydrogens is 344 g/mol. The second kappa shape index (κ2) is 8.66. The van der Waals surface area contributed by atoms with E-state index in [0.717, 1.165) is 37.6 Å². The Balaban J connectivity index is 1.72. The van der Waals surface area contributed by atoms with Crippen LogP contribution in [0.25, 0.3) is 0 Å². The third kappa shape index (κ3) is 4.64. The first kappa shape index (κ1) is 18.9. The van der Waals surface area contributed by atoms with Crippen molar-refractivity contribution >= 4 is 11.6 Å². The quantitative estimate of drug-likeness (QED) is 0.378. The van der Waals surface area contributed by atoms with Gasteiger partial charge in [-0.3, -0.25) is 10.1 Å². The van der Waals surface area contributed by atoms with E-state index in [0.29, 0.717) is 18.5 Å². The van der Waals surface area contributed by atoms with Gasteiger partial charge in [0.15, 0.2) is 5.96 Å². The van der Waals surface area contributed by atoms with Crippen LogP contribution in [0.15, 0.2) is 48.0 Å². The topological polar surface area (TPSA) is 88.6 Å². The van der Waals surface area contributed by atoms with Gasteiger partial charge in [-0.1, -0.05) is 19.1 Å². The molecule has 1 aliphatic heterocycles. The molecule has 0 aliphatic carbocycles. The molecule has 2 heterocycles. The van der Waals surface area contributed by atoms with Gasteiger partial charge in [-0.25, -0.2) is 9.98 Å². The second-order valence-corrected chi connectivity index (χ2v) is 6.88. The summed E-state index contributed by atoms with van der Waals surface area (Å²) in [6, 6.07) is 6.94. The molecule has 0 spiro atoms. The fourth-order valence-corrected chi connectivity index (χ4v) is 3.41. The number of hydrogen-bond donors (Lipinski definition) is 1. The Bertz CT molecular complexity index is 772. The Morgan fingerprint density at radius 3 is 2.81 bits per heavy atom. The Morgan fingerprint density at radius 2 is 2.19 bits per heavy atom. The van der Waals surface area contributed by atoms with Crippen LogP contribution in [0.3, 0.4) is 0 Å². The number of hydrogen-bond acceptors (Lipinski definition) is 4. The lowest BCUT2D eigenvalue weighted by atomic mass is 9.93. The van der Waals surface area contributed by atoms with E-state index in [1.807, 2.05) is 18.7 Å². The van der Waals surface area contributed by atoms with Crippen molar-refractivity contribution in [3.05, 3.63) is 58.7 Å². The first-order valence-electron chi connectivity index (χ1n) is 9.32. The molecule has 144 valence electrons. The van der Waals surface area contributed by atoms with E-state index in [1.54, 1.807) is 12.1 Å². The molecule has 8 heteroatoms. The predicted octanol–water partition coefficient (Wildman–Crippen LogP) is 2.84. The van der Waals surface area contributed by atoms with Gasteiger partial charge in [0.1, 0.15) is 0 Å². The molecule has 1 aromatic carbocycles. The van der Waals surface area contributed by atoms with Gasteiger partial charge in [-0.15, -0.1) is 0 Å². The summed E-state index contributed by atoms with van der Waals surface area (Å²) in [5, 5.41) is 14.2. The van der Waals surface area contributed by atoms with Crippen LogP contribution in [0.2, 0.25) is 0 Å². The highest BCUT2D eigenvalue weighted by Gasteiger charge is 2.28. The van der Waals surface area contributed by atoms with Crippen molar-refractivity contribution in [1.82, 2.24) is 19.8 Å². The molecule has 3 rings (SSSR count). The Labute approximate surface area is 159 Å². The highest BCUT2D eigenvalue weighted by atomic mass is 16.6. The third-order valence-corrected chi connectivity index (χ3v) is 5.02. The van der Waals surface area contributed by atoms with E-state index >= 15 is 0 Å². The van der Waals surface area contributed by atoms with Crippen molar-refractivity contribution in [1.29, 1.82) is 0 Å². The summed E-state index contributed by atoms with van der Waals surface area (Å²) in [6.45, 7) is 7.45. The SMILES string of the molecule is CCNC(=NCc1ccc([N+](=O)[O-])cc1)N1CCC(C)C(n2ccnc2)C1. The van der Waals surface area contributed by atoms with E-state index in [9.17, 15) is 10.1 Å². The van der Waals surface area contributed by atoms with Crippen molar-refractivity contribution in [2.75, 3.05) is 19.6 Å². The zero-order valence-electron chi connectivity index (χ0n) is 15.8. The number of guanidine groups is 1. The van der Waals surface area contributed by atoms with E-state index < -0.39 is 0 Å². The molecule has 0 saturated carbocycles. The summed E-state index contributed by atoms with van der Waals surface area (Å²) in [6.07, 6.45) is 6.81. The van der Waals surface area contributed by atoms with Gasteiger partial charge in [0.25, 0.3) is 5.69 Å². The van der Waals surface area contributed by atoms with Crippen LogP contribution in [-0.2, 0) is 6.54 Å². The summed E-state index contributed by atoms with van der Waals surface area (Å²) >= 11 is 0. The Hall–Kier alpha value is -2.90. The summed E-state index contributed by atoms with van der Waals surface area (Å²) < 4.78 is 2.18. The lowest BCUT2D eigenvalue weighted by molar-refractivity contribution is -0.384. The molecule has 0 bridgehead atoms. The molecule has 1 fully saturated rings. The zero-order valence-corrected chi connectivity index (χ0v) is 15.8. The maximum atomic E-state index is 10.8. The number of likely N-dealkylation sites (tertiary alicyclic amines) is 1. The Morgan fingerprint density at radius 1 is 1.41 bits per heavy atom. The van der Waals surface area contributed by atoms with Crippen LogP contribution in [-0.4, -0.2) is 45.0 Å². The number of rotatable bonds is 5. The maximum absolute atomic E-state index is 10.8. The van der Waals surface area contributed by atoms with Crippen LogP contribution in [0.1, 0.15) is 31.9 Å². The van der Waals surface area contributed by atoms with Gasteiger partial charge < -0.3 is 14.8 Å². The van der Waals surface area contributed by atoms with E-state index in [-0.39, 0.29) is 10.6 Å². The molecule has 1 saturated heterocycles. The number of non-ortho nitro benzene ring substituents is 1. The number of piperidine rings is 1. The largest absolute Gasteiger partial charge is 0.357 e. The standard InChI is InChI=1S/C19H26N6O2/c1-3-21-19(22-12-16-4-6-17(7-5-16)25(26)27)23-10-8-15(2)18(13-23)24-11-9-20-14-24/h4-7,9,11,14-15,18H,3,8,10,12-13H2,1-2H3,(H,21,22). The number of nitro groups is 1. The monoisotopic (exact) mass is 370 g/mol. The highest BCUT2D eigenvalue weighted by molar-refractivity contribution is 5.80. The minimum Gasteiger partial charge on any atom is -0.357 e. The average Bonchev–Trinajstić information content (AvgIpc) is 3.20. The summed E-state index contributed by atoms with van der Waals surface area (Å²) in [4.78, 5) is 21.6. The van der Waals surface area contributed by atoms with Crippen LogP contribution in [0.4, 0.5) is 5.69 Å². The molecule has 8 nitrogen and oxygen atoms in total. The number of imidazole rings is 1. The number of nitrogens with zero attached hydrogens (tertiary/aromatic N) is 5. The average molecular weight is 370 g/mol. The van der Waals surface area contributed by atoms with Gasteiger partial charge in [-0.2, -0.15) is 0 Å². The normalized spacial score (nSPS) is 20.5. The minimum absolute atomic E-state index is 0.0998. The van der Waals surface area contributed by atoms with Crippen molar-refractivity contribution in [3.8, 4) is 0 Å². The number of nitro benzene ring substituents is 1. The highest BCUT2D eigenvalue weighted by Crippen LogP contribution is 2.27. The van der Waals surface area contributed by atoms with Gasteiger partial charge in [0.2, 0.25) is 0 Å². The lowest BCUT2D eigenvalue weighted by Gasteiger charge is -2.39. The zero-order chi connectivity index (χ0) is 19.2. The number of aliphatic imine (C=N–C) groups is 1. The van der Waals surface area contributed by atoms with Crippen LogP contribution < -0.4 is 5.32 Å². The second-order valence-electron chi connectivity index (χ2n) is 6.88. The molecule has 27 heavy (non-hydrogen) atoms. The summed E-state index contributed by atoms with van der Waals surface area (Å²) in [5.41, 5.74) is 1.05. The molecule has 1 aliphatic rings.